The van der Waals surface area contributed by atoms with Crippen LogP contribution >= 0.6 is 0 Å². The summed E-state index contributed by atoms with van der Waals surface area (Å²) < 4.78 is 56.1. The fraction of sp³-hybridized carbons (Fsp3) is 0.385. The van der Waals surface area contributed by atoms with Crippen LogP contribution < -0.4 is 14.8 Å². The van der Waals surface area contributed by atoms with Gasteiger partial charge < -0.3 is 19.2 Å². The summed E-state index contributed by atoms with van der Waals surface area (Å²) in [7, 11) is 3.09. The van der Waals surface area contributed by atoms with Gasteiger partial charge in [-0.2, -0.15) is 13.2 Å². The Kier molecular flexibility index (Phi) is 8.98. The highest BCUT2D eigenvalue weighted by atomic mass is 19.4. The van der Waals surface area contributed by atoms with E-state index in [0.717, 1.165) is 24.1 Å². The topological polar surface area (TPSA) is 76.8 Å². The Morgan fingerprint density at radius 2 is 1.89 bits per heavy atom. The van der Waals surface area contributed by atoms with E-state index in [2.05, 4.69) is 10.3 Å². The number of methoxy groups -OCH3 is 2. The van der Waals surface area contributed by atoms with Gasteiger partial charge in [-0.15, -0.1) is 0 Å². The van der Waals surface area contributed by atoms with Gasteiger partial charge in [0.25, 0.3) is 5.91 Å². The number of oxazole rings is 1. The molecular weight excluding hydrogens is 475 g/mol. The summed E-state index contributed by atoms with van der Waals surface area (Å²) in [6.07, 6.45) is -2.40. The molecule has 1 aromatic heterocycles. The van der Waals surface area contributed by atoms with E-state index in [-0.39, 0.29) is 36.6 Å². The van der Waals surface area contributed by atoms with Crippen LogP contribution in [0.5, 0.6) is 11.5 Å². The molecule has 3 aromatic rings. The first-order valence-electron chi connectivity index (χ1n) is 11.5. The summed E-state index contributed by atoms with van der Waals surface area (Å²) in [4.78, 5) is 18.5. The molecule has 2 aromatic carbocycles. The fourth-order valence-corrected chi connectivity index (χ4v) is 3.60. The third kappa shape index (κ3) is 7.24. The fourth-order valence-electron chi connectivity index (χ4n) is 3.60. The Hall–Kier alpha value is -3.53. The minimum Gasteiger partial charge on any atom is -0.497 e. The third-order valence-electron chi connectivity index (χ3n) is 5.68. The summed E-state index contributed by atoms with van der Waals surface area (Å²) >= 11 is 0. The maximum absolute atomic E-state index is 13.3. The van der Waals surface area contributed by atoms with E-state index < -0.39 is 11.7 Å². The smallest absolute Gasteiger partial charge is 0.416 e. The van der Waals surface area contributed by atoms with Crippen molar-refractivity contribution in [1.29, 1.82) is 0 Å². The lowest BCUT2D eigenvalue weighted by Gasteiger charge is -2.23. The molecule has 0 aliphatic heterocycles. The van der Waals surface area contributed by atoms with Gasteiger partial charge in [0, 0.05) is 24.7 Å². The Balaban J connectivity index is 1.88. The van der Waals surface area contributed by atoms with E-state index in [4.69, 9.17) is 13.9 Å². The molecule has 0 aliphatic carbocycles. The third-order valence-corrected chi connectivity index (χ3v) is 5.68. The first kappa shape index (κ1) is 27.1. The Morgan fingerprint density at radius 3 is 2.56 bits per heavy atom. The number of carbonyl (C=O) groups excluding carboxylic acids is 1. The van der Waals surface area contributed by atoms with Crippen molar-refractivity contribution in [2.45, 2.75) is 52.1 Å². The Labute approximate surface area is 208 Å². The highest BCUT2D eigenvalue weighted by Gasteiger charge is 2.30. The summed E-state index contributed by atoms with van der Waals surface area (Å²) in [5, 5.41) is 2.83. The number of aromatic nitrogens is 1. The zero-order valence-electron chi connectivity index (χ0n) is 20.7. The minimum absolute atomic E-state index is 0.0180. The minimum atomic E-state index is -4.45. The van der Waals surface area contributed by atoms with Crippen molar-refractivity contribution in [3.8, 4) is 11.5 Å². The second-order valence-corrected chi connectivity index (χ2v) is 8.43. The molecule has 3 rings (SSSR count). The van der Waals surface area contributed by atoms with Crippen molar-refractivity contribution in [2.75, 3.05) is 14.2 Å². The van der Waals surface area contributed by atoms with Crippen LogP contribution in [0.1, 0.15) is 53.3 Å². The molecule has 194 valence electrons. The van der Waals surface area contributed by atoms with Crippen molar-refractivity contribution in [1.82, 2.24) is 15.2 Å². The van der Waals surface area contributed by atoms with E-state index in [1.807, 2.05) is 18.7 Å². The summed E-state index contributed by atoms with van der Waals surface area (Å²) in [5.74, 6) is 1.13. The molecule has 1 N–H and O–H groups in total. The number of halogens is 3. The molecule has 0 fully saturated rings. The van der Waals surface area contributed by atoms with Crippen molar-refractivity contribution in [2.24, 2.45) is 0 Å². The van der Waals surface area contributed by atoms with Gasteiger partial charge in [-0.05, 0) is 43.2 Å². The molecule has 10 heteroatoms. The molecule has 1 heterocycles. The van der Waals surface area contributed by atoms with Crippen LogP contribution in [0.4, 0.5) is 13.2 Å². The largest absolute Gasteiger partial charge is 0.497 e. The monoisotopic (exact) mass is 505 g/mol. The number of rotatable bonds is 11. The molecule has 1 atom stereocenters. The van der Waals surface area contributed by atoms with Gasteiger partial charge in [0.2, 0.25) is 5.89 Å². The van der Waals surface area contributed by atoms with E-state index >= 15 is 0 Å². The van der Waals surface area contributed by atoms with Gasteiger partial charge in [-0.1, -0.05) is 25.1 Å². The number of carbonyl (C=O) groups is 1. The maximum Gasteiger partial charge on any atom is 0.416 e. The number of amides is 1. The number of benzene rings is 2. The summed E-state index contributed by atoms with van der Waals surface area (Å²) in [6.45, 7) is 4.45. The highest BCUT2D eigenvalue weighted by molar-refractivity contribution is 5.92. The zero-order valence-corrected chi connectivity index (χ0v) is 20.7. The van der Waals surface area contributed by atoms with Crippen LogP contribution in [0.2, 0.25) is 0 Å². The predicted molar refractivity (Wildman–Crippen MR) is 128 cm³/mol. The first-order valence-corrected chi connectivity index (χ1v) is 11.5. The lowest BCUT2D eigenvalue weighted by Crippen LogP contribution is -2.32. The lowest BCUT2D eigenvalue weighted by molar-refractivity contribution is -0.137. The van der Waals surface area contributed by atoms with Crippen LogP contribution in [0.15, 0.2) is 53.1 Å². The van der Waals surface area contributed by atoms with Gasteiger partial charge in [0.15, 0.2) is 5.69 Å². The van der Waals surface area contributed by atoms with Crippen LogP contribution in [0.25, 0.3) is 0 Å². The molecule has 1 unspecified atom stereocenters. The van der Waals surface area contributed by atoms with Gasteiger partial charge in [0.1, 0.15) is 17.8 Å². The molecule has 0 bridgehead atoms. The van der Waals surface area contributed by atoms with Crippen molar-refractivity contribution < 1.29 is 31.9 Å². The number of nitrogens with one attached hydrogen (secondary N) is 1. The molecular formula is C26H30F3N3O4. The number of hydrogen-bond donors (Lipinski definition) is 1. The van der Waals surface area contributed by atoms with Crippen LogP contribution in [0.3, 0.4) is 0 Å². The average Bonchev–Trinajstić information content (AvgIpc) is 3.32. The normalized spacial score (nSPS) is 12.4. The molecule has 0 radical (unpaired) electrons. The lowest BCUT2D eigenvalue weighted by atomic mass is 10.1. The second-order valence-electron chi connectivity index (χ2n) is 8.43. The van der Waals surface area contributed by atoms with Gasteiger partial charge in [-0.25, -0.2) is 4.98 Å². The molecule has 1 amide bonds. The molecule has 0 saturated carbocycles. The number of ether oxygens (including phenoxy) is 2. The quantitative estimate of drug-likeness (QED) is 0.374. The van der Waals surface area contributed by atoms with E-state index in [1.54, 1.807) is 38.5 Å². The van der Waals surface area contributed by atoms with E-state index in [9.17, 15) is 18.0 Å². The molecule has 7 nitrogen and oxygen atoms in total. The van der Waals surface area contributed by atoms with Crippen LogP contribution in [-0.2, 0) is 25.8 Å². The Bertz CT molecular complexity index is 1160. The summed E-state index contributed by atoms with van der Waals surface area (Å²) in [5.41, 5.74) is 0.653. The predicted octanol–water partition coefficient (Wildman–Crippen LogP) is 5.44. The summed E-state index contributed by atoms with van der Waals surface area (Å²) in [6, 6.07) is 10.5. The number of hydrogen-bond acceptors (Lipinski definition) is 6. The van der Waals surface area contributed by atoms with Crippen LogP contribution in [0, 0.1) is 0 Å². The first-order chi connectivity index (χ1) is 17.1. The van der Waals surface area contributed by atoms with Crippen molar-refractivity contribution in [3.63, 3.8) is 0 Å². The standard InChI is InChI=1S/C26H30F3N3O4/c1-5-17(2)30-25(33)22-16-36-24(31-22)15-32(13-18-7-6-8-20(11-18)26(27,28)29)14-19-12-21(34-3)9-10-23(19)35-4/h6-12,16-17H,5,13-15H2,1-4H3,(H,30,33). The zero-order chi connectivity index (χ0) is 26.3. The molecule has 36 heavy (non-hydrogen) atoms. The van der Waals surface area contributed by atoms with Gasteiger partial charge in [-0.3, -0.25) is 9.69 Å². The highest BCUT2D eigenvalue weighted by Crippen LogP contribution is 2.31. The van der Waals surface area contributed by atoms with Gasteiger partial charge >= 0.3 is 6.18 Å². The average molecular weight is 506 g/mol. The van der Waals surface area contributed by atoms with Crippen LogP contribution in [-0.4, -0.2) is 36.1 Å². The second kappa shape index (κ2) is 11.9. The molecule has 0 spiro atoms. The van der Waals surface area contributed by atoms with E-state index in [1.165, 1.54) is 12.3 Å². The Morgan fingerprint density at radius 1 is 1.11 bits per heavy atom. The maximum atomic E-state index is 13.3. The van der Waals surface area contributed by atoms with E-state index in [0.29, 0.717) is 23.6 Å². The molecule has 0 saturated heterocycles. The van der Waals surface area contributed by atoms with Crippen molar-refractivity contribution in [3.05, 3.63) is 77.0 Å². The van der Waals surface area contributed by atoms with Crippen molar-refractivity contribution >= 4 is 5.91 Å². The number of alkyl halides is 3. The van der Waals surface area contributed by atoms with Gasteiger partial charge in [0.05, 0.1) is 26.3 Å². The number of nitrogens with zero attached hydrogens (tertiary/aromatic N) is 2. The molecule has 0 aliphatic rings. The SMILES string of the molecule is CCC(C)NC(=O)c1coc(CN(Cc2cccc(C(F)(F)F)c2)Cc2cc(OC)ccc2OC)n1.